The highest BCUT2D eigenvalue weighted by atomic mass is 32.1. The lowest BCUT2D eigenvalue weighted by atomic mass is 10.1. The molecule has 3 N–H and O–H groups in total. The normalized spacial score (nSPS) is 17.6. The molecule has 0 aliphatic carbocycles. The molecular formula is C14H19N3O2S. The van der Waals surface area contributed by atoms with Gasteiger partial charge in [-0.15, -0.1) is 0 Å². The molecule has 1 atom stereocenters. The van der Waals surface area contributed by atoms with Gasteiger partial charge in [0.25, 0.3) is 5.91 Å². The summed E-state index contributed by atoms with van der Waals surface area (Å²) in [6.07, 6.45) is 1.31. The average Bonchev–Trinajstić information content (AvgIpc) is 2.88. The summed E-state index contributed by atoms with van der Waals surface area (Å²) in [5.74, 6) is -0.188. The van der Waals surface area contributed by atoms with Crippen LogP contribution in [0, 0.1) is 13.8 Å². The molecule has 108 valence electrons. The maximum atomic E-state index is 11.7. The van der Waals surface area contributed by atoms with Gasteiger partial charge in [-0.05, 0) is 62.2 Å². The Kier molecular flexibility index (Phi) is 4.92. The van der Waals surface area contributed by atoms with Gasteiger partial charge >= 0.3 is 0 Å². The third-order valence-corrected chi connectivity index (χ3v) is 3.21. The van der Waals surface area contributed by atoms with E-state index in [0.717, 1.165) is 29.7 Å². The molecular weight excluding hydrogens is 274 g/mol. The SMILES string of the molecule is Cc1cc(C)cc(NC(=S)NNC(=O)[C@H]2CCCO2)c1. The Hall–Kier alpha value is -1.66. The van der Waals surface area contributed by atoms with Crippen molar-refractivity contribution in [1.29, 1.82) is 0 Å². The van der Waals surface area contributed by atoms with Crippen molar-refractivity contribution in [2.45, 2.75) is 32.8 Å². The summed E-state index contributed by atoms with van der Waals surface area (Å²) in [7, 11) is 0. The lowest BCUT2D eigenvalue weighted by molar-refractivity contribution is -0.130. The van der Waals surface area contributed by atoms with Crippen LogP contribution in [0.3, 0.4) is 0 Å². The summed E-state index contributed by atoms with van der Waals surface area (Å²) < 4.78 is 5.28. The number of thiocarbonyl (C=S) groups is 1. The maximum absolute atomic E-state index is 11.7. The van der Waals surface area contributed by atoms with Crippen molar-refractivity contribution in [2.75, 3.05) is 11.9 Å². The topological polar surface area (TPSA) is 62.4 Å². The Morgan fingerprint density at radius 1 is 1.25 bits per heavy atom. The smallest absolute Gasteiger partial charge is 0.267 e. The first kappa shape index (κ1) is 14.7. The number of carbonyl (C=O) groups excluding carboxylic acids is 1. The number of anilines is 1. The molecule has 0 bridgehead atoms. The molecule has 6 heteroatoms. The summed E-state index contributed by atoms with van der Waals surface area (Å²) in [5, 5.41) is 3.38. The molecule has 0 aromatic heterocycles. The average molecular weight is 293 g/mol. The van der Waals surface area contributed by atoms with Gasteiger partial charge in [-0.2, -0.15) is 0 Å². The standard InChI is InChI=1S/C14H19N3O2S/c1-9-6-10(2)8-11(7-9)15-14(20)17-16-13(18)12-4-3-5-19-12/h6-8,12H,3-5H2,1-2H3,(H,16,18)(H2,15,17,20)/t12-/m1/s1. The van der Waals surface area contributed by atoms with Crippen molar-refractivity contribution in [2.24, 2.45) is 0 Å². The van der Waals surface area contributed by atoms with E-state index in [-0.39, 0.29) is 12.0 Å². The van der Waals surface area contributed by atoms with Gasteiger partial charge in [-0.25, -0.2) is 0 Å². The Morgan fingerprint density at radius 3 is 2.55 bits per heavy atom. The summed E-state index contributed by atoms with van der Waals surface area (Å²) in [4.78, 5) is 11.7. The molecule has 1 aliphatic heterocycles. The van der Waals surface area contributed by atoms with Crippen LogP contribution in [-0.2, 0) is 9.53 Å². The highest BCUT2D eigenvalue weighted by Crippen LogP contribution is 2.13. The highest BCUT2D eigenvalue weighted by molar-refractivity contribution is 7.80. The molecule has 1 saturated heterocycles. The van der Waals surface area contributed by atoms with E-state index >= 15 is 0 Å². The van der Waals surface area contributed by atoms with Crippen molar-refractivity contribution in [3.05, 3.63) is 29.3 Å². The van der Waals surface area contributed by atoms with E-state index in [4.69, 9.17) is 17.0 Å². The zero-order valence-corrected chi connectivity index (χ0v) is 12.5. The minimum Gasteiger partial charge on any atom is -0.368 e. The Balaban J connectivity index is 1.81. The summed E-state index contributed by atoms with van der Waals surface area (Å²) in [6, 6.07) is 6.06. The van der Waals surface area contributed by atoms with E-state index in [1.165, 1.54) is 0 Å². The maximum Gasteiger partial charge on any atom is 0.267 e. The van der Waals surface area contributed by atoms with Gasteiger partial charge in [0.2, 0.25) is 0 Å². The third kappa shape index (κ3) is 4.18. The fourth-order valence-electron chi connectivity index (χ4n) is 2.19. The number of nitrogens with one attached hydrogen (secondary N) is 3. The van der Waals surface area contributed by atoms with Crippen LogP contribution in [0.5, 0.6) is 0 Å². The van der Waals surface area contributed by atoms with Crippen LogP contribution in [0.15, 0.2) is 18.2 Å². The summed E-state index contributed by atoms with van der Waals surface area (Å²) in [5.41, 5.74) is 8.44. The van der Waals surface area contributed by atoms with Crippen molar-refractivity contribution in [3.63, 3.8) is 0 Å². The molecule has 2 rings (SSSR count). The second kappa shape index (κ2) is 6.67. The number of rotatable bonds is 2. The van der Waals surface area contributed by atoms with Gasteiger partial charge in [0, 0.05) is 12.3 Å². The van der Waals surface area contributed by atoms with Crippen molar-refractivity contribution in [3.8, 4) is 0 Å². The number of carbonyl (C=O) groups is 1. The van der Waals surface area contributed by atoms with Crippen LogP contribution in [0.4, 0.5) is 5.69 Å². The molecule has 1 fully saturated rings. The molecule has 1 aromatic rings. The van der Waals surface area contributed by atoms with E-state index < -0.39 is 0 Å². The van der Waals surface area contributed by atoms with Crippen LogP contribution >= 0.6 is 12.2 Å². The first-order chi connectivity index (χ1) is 9.54. The van der Waals surface area contributed by atoms with Crippen LogP contribution in [0.2, 0.25) is 0 Å². The highest BCUT2D eigenvalue weighted by Gasteiger charge is 2.23. The minimum absolute atomic E-state index is 0.188. The van der Waals surface area contributed by atoms with Gasteiger partial charge in [-0.3, -0.25) is 15.6 Å². The van der Waals surface area contributed by atoms with E-state index in [2.05, 4.69) is 22.2 Å². The molecule has 0 unspecified atom stereocenters. The Morgan fingerprint density at radius 2 is 1.95 bits per heavy atom. The first-order valence-corrected chi connectivity index (χ1v) is 7.02. The molecule has 1 amide bonds. The van der Waals surface area contributed by atoms with E-state index in [9.17, 15) is 4.79 Å². The van der Waals surface area contributed by atoms with Gasteiger partial charge in [0.05, 0.1) is 0 Å². The van der Waals surface area contributed by atoms with Crippen molar-refractivity contribution in [1.82, 2.24) is 10.9 Å². The van der Waals surface area contributed by atoms with Gasteiger partial charge < -0.3 is 10.1 Å². The van der Waals surface area contributed by atoms with Crippen molar-refractivity contribution < 1.29 is 9.53 Å². The van der Waals surface area contributed by atoms with E-state index in [1.54, 1.807) is 0 Å². The second-order valence-electron chi connectivity index (χ2n) is 4.95. The Bertz CT molecular complexity index is 493. The zero-order chi connectivity index (χ0) is 14.5. The van der Waals surface area contributed by atoms with Gasteiger partial charge in [-0.1, -0.05) is 6.07 Å². The molecule has 1 aliphatic rings. The predicted molar refractivity (Wildman–Crippen MR) is 82.4 cm³/mol. The first-order valence-electron chi connectivity index (χ1n) is 6.61. The summed E-state index contributed by atoms with van der Waals surface area (Å²) in [6.45, 7) is 4.69. The lowest BCUT2D eigenvalue weighted by Crippen LogP contribution is -2.47. The molecule has 0 radical (unpaired) electrons. The summed E-state index contributed by atoms with van der Waals surface area (Å²) >= 11 is 5.14. The number of ether oxygens (including phenoxy) is 1. The lowest BCUT2D eigenvalue weighted by Gasteiger charge is -2.14. The monoisotopic (exact) mass is 293 g/mol. The fourth-order valence-corrected chi connectivity index (χ4v) is 2.36. The second-order valence-corrected chi connectivity index (χ2v) is 5.35. The Labute approximate surface area is 124 Å². The number of hydrogen-bond acceptors (Lipinski definition) is 3. The van der Waals surface area contributed by atoms with E-state index in [1.807, 2.05) is 26.0 Å². The number of amides is 1. The predicted octanol–water partition coefficient (Wildman–Crippen LogP) is 1.80. The molecule has 1 aromatic carbocycles. The number of hydrogen-bond donors (Lipinski definition) is 3. The van der Waals surface area contributed by atoms with E-state index in [0.29, 0.717) is 11.7 Å². The largest absolute Gasteiger partial charge is 0.368 e. The van der Waals surface area contributed by atoms with Gasteiger partial charge in [0.1, 0.15) is 6.10 Å². The fraction of sp³-hybridized carbons (Fsp3) is 0.429. The van der Waals surface area contributed by atoms with Crippen LogP contribution in [0.1, 0.15) is 24.0 Å². The molecule has 0 saturated carbocycles. The minimum atomic E-state index is -0.369. The van der Waals surface area contributed by atoms with Crippen LogP contribution < -0.4 is 16.2 Å². The number of aryl methyl sites for hydroxylation is 2. The van der Waals surface area contributed by atoms with Crippen molar-refractivity contribution >= 4 is 28.9 Å². The molecule has 5 nitrogen and oxygen atoms in total. The quantitative estimate of drug-likeness (QED) is 0.573. The van der Waals surface area contributed by atoms with Gasteiger partial charge in [0.15, 0.2) is 5.11 Å². The third-order valence-electron chi connectivity index (χ3n) is 3.00. The molecule has 0 spiro atoms. The number of benzene rings is 1. The van der Waals surface area contributed by atoms with Crippen LogP contribution in [-0.4, -0.2) is 23.7 Å². The molecule has 20 heavy (non-hydrogen) atoms. The molecule has 1 heterocycles. The number of hydrazine groups is 1. The zero-order valence-electron chi connectivity index (χ0n) is 11.7. The van der Waals surface area contributed by atoms with Crippen LogP contribution in [0.25, 0.3) is 0 Å².